The van der Waals surface area contributed by atoms with Gasteiger partial charge in [0.15, 0.2) is 9.84 Å². The number of carbonyl (C=O) groups is 1. The fourth-order valence-electron chi connectivity index (χ4n) is 2.67. The van der Waals surface area contributed by atoms with Gasteiger partial charge in [0.1, 0.15) is 0 Å². The normalized spacial score (nSPS) is 22.7. The van der Waals surface area contributed by atoms with Gasteiger partial charge >= 0.3 is 0 Å². The molecular formula is C16H23NO3S. The molecular weight excluding hydrogens is 286 g/mol. The molecule has 2 rings (SSSR count). The van der Waals surface area contributed by atoms with Crippen molar-refractivity contribution in [2.75, 3.05) is 13.3 Å². The van der Waals surface area contributed by atoms with E-state index in [0.717, 1.165) is 18.4 Å². The van der Waals surface area contributed by atoms with Gasteiger partial charge in [0.2, 0.25) is 5.91 Å². The van der Waals surface area contributed by atoms with Gasteiger partial charge in [-0.15, -0.1) is 0 Å². The Morgan fingerprint density at radius 1 is 1.33 bits per heavy atom. The lowest BCUT2D eigenvalue weighted by molar-refractivity contribution is -0.133. The molecule has 0 heterocycles. The fourth-order valence-corrected chi connectivity index (χ4v) is 3.30. The second-order valence-electron chi connectivity index (χ2n) is 5.98. The zero-order valence-corrected chi connectivity index (χ0v) is 13.9. The summed E-state index contributed by atoms with van der Waals surface area (Å²) in [5.74, 6) is 0.916. The van der Waals surface area contributed by atoms with Crippen LogP contribution in [-0.4, -0.2) is 32.5 Å². The highest BCUT2D eigenvalue weighted by molar-refractivity contribution is 7.90. The van der Waals surface area contributed by atoms with Crippen LogP contribution in [0.1, 0.15) is 38.3 Å². The van der Waals surface area contributed by atoms with Crippen molar-refractivity contribution in [3.8, 4) is 0 Å². The lowest BCUT2D eigenvalue weighted by Gasteiger charge is -2.25. The molecule has 1 aromatic carbocycles. The van der Waals surface area contributed by atoms with E-state index in [9.17, 15) is 13.2 Å². The molecule has 1 unspecified atom stereocenters. The Labute approximate surface area is 127 Å². The number of amides is 1. The molecule has 0 radical (unpaired) electrons. The number of hydrogen-bond donors (Lipinski definition) is 0. The lowest BCUT2D eigenvalue weighted by atomic mass is 10.1. The fraction of sp³-hybridized carbons (Fsp3) is 0.562. The van der Waals surface area contributed by atoms with E-state index in [0.29, 0.717) is 10.8 Å². The highest BCUT2D eigenvalue weighted by Crippen LogP contribution is 2.43. The molecule has 1 aromatic rings. The highest BCUT2D eigenvalue weighted by atomic mass is 32.2. The standard InChI is InChI=1S/C16H23NO3S/c1-5-12-10-15(12)16(18)17(3)11(2)13-6-8-14(9-7-13)21(4,19)20/h6-9,11-12,15H,5,10H2,1-4H3/t11?,12-,15-/m1/s1. The van der Waals surface area contributed by atoms with E-state index in [-0.39, 0.29) is 17.9 Å². The van der Waals surface area contributed by atoms with Crippen LogP contribution in [-0.2, 0) is 14.6 Å². The third kappa shape index (κ3) is 3.46. The first-order valence-electron chi connectivity index (χ1n) is 7.32. The van der Waals surface area contributed by atoms with Crippen LogP contribution in [0.5, 0.6) is 0 Å². The van der Waals surface area contributed by atoms with Crippen molar-refractivity contribution in [3.63, 3.8) is 0 Å². The average Bonchev–Trinajstić information content (AvgIpc) is 3.23. The number of hydrogen-bond acceptors (Lipinski definition) is 3. The van der Waals surface area contributed by atoms with Crippen LogP contribution < -0.4 is 0 Å². The van der Waals surface area contributed by atoms with Crippen molar-refractivity contribution in [2.24, 2.45) is 11.8 Å². The summed E-state index contributed by atoms with van der Waals surface area (Å²) in [6, 6.07) is 6.73. The van der Waals surface area contributed by atoms with Crippen molar-refractivity contribution in [2.45, 2.75) is 37.6 Å². The van der Waals surface area contributed by atoms with Gasteiger partial charge in [-0.25, -0.2) is 8.42 Å². The van der Waals surface area contributed by atoms with Crippen LogP contribution in [0.3, 0.4) is 0 Å². The minimum absolute atomic E-state index is 0.0517. The summed E-state index contributed by atoms with van der Waals surface area (Å²) in [7, 11) is -1.35. The molecule has 116 valence electrons. The van der Waals surface area contributed by atoms with Crippen LogP contribution in [0.15, 0.2) is 29.2 Å². The van der Waals surface area contributed by atoms with Crippen LogP contribution in [0.2, 0.25) is 0 Å². The summed E-state index contributed by atoms with van der Waals surface area (Å²) >= 11 is 0. The minimum atomic E-state index is -3.18. The molecule has 1 amide bonds. The second-order valence-corrected chi connectivity index (χ2v) is 7.99. The van der Waals surface area contributed by atoms with Gasteiger partial charge in [-0.3, -0.25) is 4.79 Å². The molecule has 0 N–H and O–H groups in total. The second kappa shape index (κ2) is 5.79. The first kappa shape index (κ1) is 16.0. The predicted octanol–water partition coefficient (Wildman–Crippen LogP) is 2.66. The quantitative estimate of drug-likeness (QED) is 0.840. The maximum atomic E-state index is 12.3. The van der Waals surface area contributed by atoms with E-state index < -0.39 is 9.84 Å². The van der Waals surface area contributed by atoms with Gasteiger partial charge in [-0.05, 0) is 37.0 Å². The smallest absolute Gasteiger partial charge is 0.226 e. The third-order valence-electron chi connectivity index (χ3n) is 4.48. The molecule has 4 nitrogen and oxygen atoms in total. The van der Waals surface area contributed by atoms with E-state index in [1.807, 2.05) is 14.0 Å². The summed E-state index contributed by atoms with van der Waals surface area (Å²) in [6.45, 7) is 4.09. The number of benzene rings is 1. The van der Waals surface area contributed by atoms with Crippen LogP contribution >= 0.6 is 0 Å². The molecule has 3 atom stereocenters. The van der Waals surface area contributed by atoms with Crippen LogP contribution in [0, 0.1) is 11.8 Å². The zero-order valence-electron chi connectivity index (χ0n) is 13.0. The van der Waals surface area contributed by atoms with Crippen LogP contribution in [0.25, 0.3) is 0 Å². The highest BCUT2D eigenvalue weighted by Gasteiger charge is 2.43. The van der Waals surface area contributed by atoms with E-state index in [1.165, 1.54) is 6.26 Å². The van der Waals surface area contributed by atoms with Gasteiger partial charge in [-0.2, -0.15) is 0 Å². The van der Waals surface area contributed by atoms with Gasteiger partial charge in [0, 0.05) is 19.2 Å². The molecule has 0 aromatic heterocycles. The molecule has 0 bridgehead atoms. The van der Waals surface area contributed by atoms with E-state index >= 15 is 0 Å². The Morgan fingerprint density at radius 3 is 2.33 bits per heavy atom. The van der Waals surface area contributed by atoms with Crippen molar-refractivity contribution in [1.29, 1.82) is 0 Å². The summed E-state index contributed by atoms with van der Waals surface area (Å²) in [4.78, 5) is 14.4. The van der Waals surface area contributed by atoms with E-state index in [2.05, 4.69) is 6.92 Å². The van der Waals surface area contributed by atoms with E-state index in [1.54, 1.807) is 29.2 Å². The van der Waals surface area contributed by atoms with E-state index in [4.69, 9.17) is 0 Å². The summed E-state index contributed by atoms with van der Waals surface area (Å²) < 4.78 is 22.9. The number of sulfone groups is 1. The first-order valence-corrected chi connectivity index (χ1v) is 9.21. The lowest BCUT2D eigenvalue weighted by Crippen LogP contribution is -2.31. The Morgan fingerprint density at radius 2 is 1.90 bits per heavy atom. The third-order valence-corrected chi connectivity index (χ3v) is 5.61. The monoisotopic (exact) mass is 309 g/mol. The summed E-state index contributed by atoms with van der Waals surface area (Å²) in [5, 5.41) is 0. The molecule has 1 aliphatic carbocycles. The average molecular weight is 309 g/mol. The summed E-state index contributed by atoms with van der Waals surface area (Å²) in [6.07, 6.45) is 3.25. The Bertz CT molecular complexity index is 621. The van der Waals surface area contributed by atoms with Crippen LogP contribution in [0.4, 0.5) is 0 Å². The minimum Gasteiger partial charge on any atom is -0.339 e. The van der Waals surface area contributed by atoms with Crippen molar-refractivity contribution < 1.29 is 13.2 Å². The SMILES string of the molecule is CC[C@@H]1C[C@H]1C(=O)N(C)C(C)c1ccc(S(C)(=O)=O)cc1. The Kier molecular flexibility index (Phi) is 4.42. The maximum Gasteiger partial charge on any atom is 0.226 e. The largest absolute Gasteiger partial charge is 0.339 e. The Balaban J connectivity index is 2.09. The topological polar surface area (TPSA) is 54.5 Å². The molecule has 21 heavy (non-hydrogen) atoms. The van der Waals surface area contributed by atoms with Crippen molar-refractivity contribution >= 4 is 15.7 Å². The Hall–Kier alpha value is -1.36. The predicted molar refractivity (Wildman–Crippen MR) is 82.6 cm³/mol. The van der Waals surface area contributed by atoms with Crippen molar-refractivity contribution in [1.82, 2.24) is 4.90 Å². The molecule has 1 fully saturated rings. The first-order chi connectivity index (χ1) is 9.75. The zero-order chi connectivity index (χ0) is 15.8. The summed E-state index contributed by atoms with van der Waals surface area (Å²) in [5.41, 5.74) is 0.951. The van der Waals surface area contributed by atoms with Gasteiger partial charge in [-0.1, -0.05) is 25.5 Å². The molecule has 1 saturated carbocycles. The van der Waals surface area contributed by atoms with Gasteiger partial charge < -0.3 is 4.90 Å². The van der Waals surface area contributed by atoms with Gasteiger partial charge in [0.05, 0.1) is 10.9 Å². The maximum absolute atomic E-state index is 12.3. The molecule has 1 aliphatic rings. The van der Waals surface area contributed by atoms with Crippen molar-refractivity contribution in [3.05, 3.63) is 29.8 Å². The number of carbonyl (C=O) groups excluding carboxylic acids is 1. The molecule has 5 heteroatoms. The number of nitrogens with zero attached hydrogens (tertiary/aromatic N) is 1. The molecule has 0 aliphatic heterocycles. The number of rotatable bonds is 5. The molecule has 0 saturated heterocycles. The molecule has 0 spiro atoms. The van der Waals surface area contributed by atoms with Gasteiger partial charge in [0.25, 0.3) is 0 Å².